The summed E-state index contributed by atoms with van der Waals surface area (Å²) >= 11 is 0. The summed E-state index contributed by atoms with van der Waals surface area (Å²) in [7, 11) is 0. The largest absolute Gasteiger partial charge is 0.481 e. The molecule has 40 heavy (non-hydrogen) atoms. The number of carboxylic acids is 2. The van der Waals surface area contributed by atoms with Crippen molar-refractivity contribution in [3.63, 3.8) is 0 Å². The van der Waals surface area contributed by atoms with Crippen LogP contribution in [0.5, 0.6) is 0 Å². The zero-order valence-corrected chi connectivity index (χ0v) is 21.9. The zero-order chi connectivity index (χ0) is 30.8. The molecule has 0 aromatic rings. The monoisotopic (exact) mass is 573 g/mol. The van der Waals surface area contributed by atoms with Crippen molar-refractivity contribution in [3.05, 3.63) is 0 Å². The first-order valence-corrected chi connectivity index (χ1v) is 12.1. The Morgan fingerprint density at radius 1 is 0.650 bits per heavy atom. The maximum absolute atomic E-state index is 13.1. The van der Waals surface area contributed by atoms with Crippen LogP contribution in [-0.4, -0.2) is 95.0 Å². The van der Waals surface area contributed by atoms with E-state index >= 15 is 0 Å². The molecule has 0 aliphatic heterocycles. The number of hydrogen-bond acceptors (Lipinski definition) is 9. The van der Waals surface area contributed by atoms with Gasteiger partial charge in [-0.05, 0) is 32.1 Å². The van der Waals surface area contributed by atoms with E-state index in [4.69, 9.17) is 39.5 Å². The van der Waals surface area contributed by atoms with Gasteiger partial charge in [-0.25, -0.2) is 4.79 Å². The van der Waals surface area contributed by atoms with E-state index in [1.165, 1.54) is 0 Å². The summed E-state index contributed by atoms with van der Waals surface area (Å²) in [6.45, 7) is 0.167. The molecule has 0 aromatic carbocycles. The Bertz CT molecular complexity index is 964. The number of nitrogens with zero attached hydrogens (tertiary/aromatic N) is 2. The molecule has 0 aliphatic rings. The quantitative estimate of drug-likeness (QED) is 0.0368. The van der Waals surface area contributed by atoms with Crippen molar-refractivity contribution in [2.24, 2.45) is 44.4 Å². The SMILES string of the molecule is NC(=O)CCC(NC(=O)C(CCCN=C(N)N)NC(=O)C(CCCN=C(N)N)NC(=O)C(N)CC(=O)O)C(=O)O. The molecule has 226 valence electrons. The molecule has 0 rings (SSSR count). The first-order valence-electron chi connectivity index (χ1n) is 12.1. The molecule has 0 spiro atoms. The van der Waals surface area contributed by atoms with Gasteiger partial charge in [-0.2, -0.15) is 0 Å². The molecule has 0 heterocycles. The van der Waals surface area contributed by atoms with Crippen molar-refractivity contribution in [1.82, 2.24) is 16.0 Å². The summed E-state index contributed by atoms with van der Waals surface area (Å²) in [6, 6.07) is -5.56. The van der Waals surface area contributed by atoms with Crippen molar-refractivity contribution in [3.8, 4) is 0 Å². The Morgan fingerprint density at radius 3 is 1.45 bits per heavy atom. The molecule has 19 nitrogen and oxygen atoms in total. The molecular weight excluding hydrogens is 534 g/mol. The van der Waals surface area contributed by atoms with Crippen molar-refractivity contribution in [2.75, 3.05) is 13.1 Å². The average Bonchev–Trinajstić information content (AvgIpc) is 2.83. The number of carbonyl (C=O) groups excluding carboxylic acids is 4. The third-order valence-electron chi connectivity index (χ3n) is 5.18. The van der Waals surface area contributed by atoms with Crippen LogP contribution in [0.1, 0.15) is 44.9 Å². The summed E-state index contributed by atoms with van der Waals surface area (Å²) in [4.78, 5) is 79.6. The maximum atomic E-state index is 13.1. The van der Waals surface area contributed by atoms with E-state index in [1.54, 1.807) is 0 Å². The number of amides is 4. The van der Waals surface area contributed by atoms with E-state index < -0.39 is 66.2 Å². The van der Waals surface area contributed by atoms with Crippen molar-refractivity contribution in [2.45, 2.75) is 69.1 Å². The predicted molar refractivity (Wildman–Crippen MR) is 142 cm³/mol. The molecule has 19 heteroatoms. The normalized spacial score (nSPS) is 13.4. The van der Waals surface area contributed by atoms with Crippen LogP contribution in [0.15, 0.2) is 9.98 Å². The Labute approximate surface area is 229 Å². The van der Waals surface area contributed by atoms with Crippen LogP contribution < -0.4 is 50.4 Å². The van der Waals surface area contributed by atoms with E-state index in [0.717, 1.165) is 0 Å². The van der Waals surface area contributed by atoms with Crippen LogP contribution >= 0.6 is 0 Å². The van der Waals surface area contributed by atoms with Gasteiger partial charge in [0.15, 0.2) is 11.9 Å². The molecule has 4 atom stereocenters. The minimum absolute atomic E-state index is 0.0349. The summed E-state index contributed by atoms with van der Waals surface area (Å²) in [5.41, 5.74) is 31.8. The van der Waals surface area contributed by atoms with Crippen molar-refractivity contribution < 1.29 is 39.0 Å². The number of hydrogen-bond donors (Lipinski definition) is 11. The number of aliphatic carboxylic acids is 2. The molecule has 4 amide bonds. The summed E-state index contributed by atoms with van der Waals surface area (Å²) < 4.78 is 0. The Hall–Kier alpha value is -4.68. The van der Waals surface area contributed by atoms with Gasteiger partial charge in [0.25, 0.3) is 0 Å². The van der Waals surface area contributed by atoms with Gasteiger partial charge in [0, 0.05) is 19.5 Å². The standard InChI is InChI=1S/C21H39N11O8/c22-10(9-15(34)35)16(36)30-11(3-1-7-28-20(24)25)17(37)31-12(4-2-8-29-21(26)27)18(38)32-13(19(39)40)5-6-14(23)33/h10-13H,1-9,22H2,(H2,23,33)(H,30,36)(H,31,37)(H,32,38)(H,34,35)(H,39,40)(H4,24,25,28)(H4,26,27,29). The van der Waals surface area contributed by atoms with Crippen LogP contribution in [0.25, 0.3) is 0 Å². The molecule has 17 N–H and O–H groups in total. The number of primary amides is 1. The second kappa shape index (κ2) is 18.6. The van der Waals surface area contributed by atoms with Gasteiger partial charge in [0.2, 0.25) is 23.6 Å². The minimum Gasteiger partial charge on any atom is -0.481 e. The summed E-state index contributed by atoms with van der Waals surface area (Å²) in [5.74, 6) is -6.64. The highest BCUT2D eigenvalue weighted by atomic mass is 16.4. The van der Waals surface area contributed by atoms with E-state index in [9.17, 15) is 33.9 Å². The van der Waals surface area contributed by atoms with Gasteiger partial charge in [-0.1, -0.05) is 0 Å². The number of rotatable bonds is 20. The van der Waals surface area contributed by atoms with Gasteiger partial charge in [-0.15, -0.1) is 0 Å². The summed E-state index contributed by atoms with van der Waals surface area (Å²) in [5, 5.41) is 25.3. The number of aliphatic imine (C=N–C) groups is 2. The Morgan fingerprint density at radius 2 is 1.07 bits per heavy atom. The lowest BCUT2D eigenvalue weighted by atomic mass is 10.1. The van der Waals surface area contributed by atoms with Gasteiger partial charge in [0.05, 0.1) is 12.5 Å². The number of carbonyl (C=O) groups is 6. The highest BCUT2D eigenvalue weighted by molar-refractivity contribution is 5.94. The van der Waals surface area contributed by atoms with Gasteiger partial charge in [-0.3, -0.25) is 34.0 Å². The maximum Gasteiger partial charge on any atom is 0.326 e. The molecule has 0 radical (unpaired) electrons. The van der Waals surface area contributed by atoms with E-state index in [0.29, 0.717) is 0 Å². The molecule has 4 unspecified atom stereocenters. The number of guanidine groups is 2. The fraction of sp³-hybridized carbons (Fsp3) is 0.619. The fourth-order valence-corrected chi connectivity index (χ4v) is 3.19. The molecule has 0 saturated carbocycles. The number of nitrogens with two attached hydrogens (primary N) is 6. The first kappa shape index (κ1) is 35.3. The molecule has 0 aliphatic carbocycles. The van der Waals surface area contributed by atoms with E-state index in [-0.39, 0.29) is 63.5 Å². The minimum atomic E-state index is -1.48. The average molecular weight is 574 g/mol. The predicted octanol–water partition coefficient (Wildman–Crippen LogP) is -5.30. The smallest absolute Gasteiger partial charge is 0.326 e. The van der Waals surface area contributed by atoms with Crippen LogP contribution in [-0.2, 0) is 28.8 Å². The van der Waals surface area contributed by atoms with Crippen molar-refractivity contribution >= 4 is 47.5 Å². The van der Waals surface area contributed by atoms with Crippen LogP contribution in [0.2, 0.25) is 0 Å². The zero-order valence-electron chi connectivity index (χ0n) is 21.9. The Kier molecular flexibility index (Phi) is 16.4. The second-order valence-corrected chi connectivity index (χ2v) is 8.63. The first-order chi connectivity index (χ1) is 18.6. The topological polar surface area (TPSA) is 360 Å². The second-order valence-electron chi connectivity index (χ2n) is 8.63. The molecular formula is C21H39N11O8. The molecule has 0 bridgehead atoms. The van der Waals surface area contributed by atoms with Crippen LogP contribution in [0.4, 0.5) is 0 Å². The lowest BCUT2D eigenvalue weighted by molar-refractivity contribution is -0.142. The Balaban J connectivity index is 5.80. The number of carboxylic acid groups (broad SMARTS) is 2. The lowest BCUT2D eigenvalue weighted by Crippen LogP contribution is -2.57. The van der Waals surface area contributed by atoms with Gasteiger partial charge in [0.1, 0.15) is 18.1 Å². The van der Waals surface area contributed by atoms with Crippen molar-refractivity contribution in [1.29, 1.82) is 0 Å². The number of nitrogens with one attached hydrogen (secondary N) is 3. The van der Waals surface area contributed by atoms with E-state index in [2.05, 4.69) is 25.9 Å². The van der Waals surface area contributed by atoms with E-state index in [1.807, 2.05) is 0 Å². The highest BCUT2D eigenvalue weighted by Gasteiger charge is 2.30. The molecule has 0 saturated heterocycles. The van der Waals surface area contributed by atoms with Crippen LogP contribution in [0.3, 0.4) is 0 Å². The third kappa shape index (κ3) is 16.2. The third-order valence-corrected chi connectivity index (χ3v) is 5.18. The fourth-order valence-electron chi connectivity index (χ4n) is 3.19. The van der Waals surface area contributed by atoms with Gasteiger partial charge < -0.3 is 60.6 Å². The highest BCUT2D eigenvalue weighted by Crippen LogP contribution is 2.06. The van der Waals surface area contributed by atoms with Gasteiger partial charge >= 0.3 is 11.9 Å². The lowest BCUT2D eigenvalue weighted by Gasteiger charge is -2.25. The summed E-state index contributed by atoms with van der Waals surface area (Å²) in [6.07, 6.45) is -1.03. The van der Waals surface area contributed by atoms with Crippen LogP contribution in [0, 0.1) is 0 Å². The molecule has 0 fully saturated rings. The molecule has 0 aromatic heterocycles.